The largest absolute Gasteiger partial charge is 0.333 e. The second-order valence-electron chi connectivity index (χ2n) is 4.88. The third-order valence-corrected chi connectivity index (χ3v) is 4.15. The lowest BCUT2D eigenvalue weighted by atomic mass is 10.1. The topological polar surface area (TPSA) is 29.9 Å². The van der Waals surface area contributed by atoms with Gasteiger partial charge in [-0.15, -0.1) is 0 Å². The fraction of sp³-hybridized carbons (Fsp3) is 0.533. The molecule has 0 saturated carbocycles. The summed E-state index contributed by atoms with van der Waals surface area (Å²) in [5, 5.41) is 8.09. The van der Waals surface area contributed by atoms with E-state index >= 15 is 0 Å². The zero-order valence-corrected chi connectivity index (χ0v) is 12.8. The lowest BCUT2D eigenvalue weighted by molar-refractivity contribution is 0.529. The molecule has 2 rings (SSSR count). The van der Waals surface area contributed by atoms with Crippen LogP contribution in [0.25, 0.3) is 0 Å². The van der Waals surface area contributed by atoms with Crippen LogP contribution in [-0.2, 0) is 6.54 Å². The summed E-state index contributed by atoms with van der Waals surface area (Å²) in [7, 11) is 0. The van der Waals surface area contributed by atoms with E-state index in [0.717, 1.165) is 31.8 Å². The Morgan fingerprint density at radius 1 is 1.32 bits per heavy atom. The first-order valence-electron chi connectivity index (χ1n) is 7.05. The van der Waals surface area contributed by atoms with Crippen molar-refractivity contribution < 1.29 is 0 Å². The number of nitrogens with one attached hydrogen (secondary N) is 1. The van der Waals surface area contributed by atoms with Crippen molar-refractivity contribution in [3.8, 4) is 0 Å². The highest BCUT2D eigenvalue weighted by molar-refractivity contribution is 7.08. The summed E-state index contributed by atoms with van der Waals surface area (Å²) in [6.45, 7) is 8.62. The fourth-order valence-electron chi connectivity index (χ4n) is 2.31. The van der Waals surface area contributed by atoms with E-state index in [1.54, 1.807) is 11.3 Å². The van der Waals surface area contributed by atoms with Crippen LogP contribution >= 0.6 is 11.3 Å². The van der Waals surface area contributed by atoms with E-state index in [9.17, 15) is 0 Å². The number of hydrogen-bond donors (Lipinski definition) is 1. The van der Waals surface area contributed by atoms with Gasteiger partial charge in [-0.3, -0.25) is 0 Å². The summed E-state index contributed by atoms with van der Waals surface area (Å²) >= 11 is 1.77. The third kappa shape index (κ3) is 3.25. The second kappa shape index (κ2) is 6.87. The van der Waals surface area contributed by atoms with Gasteiger partial charge in [0.2, 0.25) is 0 Å². The zero-order valence-electron chi connectivity index (χ0n) is 12.0. The van der Waals surface area contributed by atoms with Crippen LogP contribution in [0.5, 0.6) is 0 Å². The Morgan fingerprint density at radius 3 is 2.79 bits per heavy atom. The number of aryl methyl sites for hydroxylation is 2. The van der Waals surface area contributed by atoms with Gasteiger partial charge in [0.05, 0.1) is 6.04 Å². The Kier molecular flexibility index (Phi) is 5.16. The molecule has 2 heterocycles. The van der Waals surface area contributed by atoms with Gasteiger partial charge in [-0.2, -0.15) is 11.3 Å². The molecule has 3 nitrogen and oxygen atoms in total. The van der Waals surface area contributed by atoms with Gasteiger partial charge in [0, 0.05) is 18.9 Å². The van der Waals surface area contributed by atoms with Gasteiger partial charge >= 0.3 is 0 Å². The van der Waals surface area contributed by atoms with Crippen LogP contribution in [0.2, 0.25) is 0 Å². The van der Waals surface area contributed by atoms with Crippen LogP contribution in [0.4, 0.5) is 0 Å². The predicted molar refractivity (Wildman–Crippen MR) is 81.7 cm³/mol. The molecule has 0 radical (unpaired) electrons. The molecule has 1 N–H and O–H groups in total. The summed E-state index contributed by atoms with van der Waals surface area (Å²) in [6.07, 6.45) is 6.26. The van der Waals surface area contributed by atoms with E-state index in [1.165, 1.54) is 11.1 Å². The first-order chi connectivity index (χ1) is 9.27. The van der Waals surface area contributed by atoms with Crippen molar-refractivity contribution in [3.05, 3.63) is 40.1 Å². The average Bonchev–Trinajstić information content (AvgIpc) is 3.01. The van der Waals surface area contributed by atoms with Crippen molar-refractivity contribution in [3.63, 3.8) is 0 Å². The van der Waals surface area contributed by atoms with Crippen molar-refractivity contribution >= 4 is 11.3 Å². The molecule has 2 aromatic rings. The van der Waals surface area contributed by atoms with Gasteiger partial charge in [-0.05, 0) is 48.2 Å². The van der Waals surface area contributed by atoms with Crippen molar-refractivity contribution in [2.45, 2.75) is 46.2 Å². The van der Waals surface area contributed by atoms with Gasteiger partial charge < -0.3 is 9.88 Å². The minimum Gasteiger partial charge on any atom is -0.333 e. The maximum Gasteiger partial charge on any atom is 0.130 e. The number of hydrogen-bond acceptors (Lipinski definition) is 3. The summed E-state index contributed by atoms with van der Waals surface area (Å²) in [4.78, 5) is 4.59. The summed E-state index contributed by atoms with van der Waals surface area (Å²) in [5.41, 5.74) is 2.71. The number of thiophene rings is 1. The van der Waals surface area contributed by atoms with Crippen LogP contribution in [0, 0.1) is 6.92 Å². The zero-order chi connectivity index (χ0) is 13.7. The smallest absolute Gasteiger partial charge is 0.130 e. The Labute approximate surface area is 119 Å². The first kappa shape index (κ1) is 14.3. The average molecular weight is 277 g/mol. The normalized spacial score (nSPS) is 12.8. The summed E-state index contributed by atoms with van der Waals surface area (Å²) in [5.74, 6) is 1.14. The van der Waals surface area contributed by atoms with E-state index in [2.05, 4.69) is 52.6 Å². The Hall–Kier alpha value is -1.13. The second-order valence-corrected chi connectivity index (χ2v) is 5.62. The molecule has 1 unspecified atom stereocenters. The third-order valence-electron chi connectivity index (χ3n) is 3.28. The quantitative estimate of drug-likeness (QED) is 0.835. The Balaban J connectivity index is 2.31. The van der Waals surface area contributed by atoms with E-state index in [-0.39, 0.29) is 6.04 Å². The van der Waals surface area contributed by atoms with Crippen LogP contribution in [-0.4, -0.2) is 16.1 Å². The molecule has 0 amide bonds. The molecule has 0 aliphatic rings. The van der Waals surface area contributed by atoms with E-state index in [4.69, 9.17) is 0 Å². The molecule has 0 saturated heterocycles. The van der Waals surface area contributed by atoms with Gasteiger partial charge in [-0.1, -0.05) is 13.8 Å². The molecule has 0 aromatic carbocycles. The van der Waals surface area contributed by atoms with Crippen molar-refractivity contribution in [2.24, 2.45) is 0 Å². The standard InChI is InChI=1S/C15H23N3S/c1-4-6-16-14(13-11-19-10-12(13)3)15-17-7-9-18(15)8-5-2/h7,9-11,14,16H,4-6,8H2,1-3H3. The molecule has 4 heteroatoms. The lowest BCUT2D eigenvalue weighted by Gasteiger charge is -2.20. The highest BCUT2D eigenvalue weighted by atomic mass is 32.1. The number of nitrogens with zero attached hydrogens (tertiary/aromatic N) is 2. The molecule has 2 aromatic heterocycles. The summed E-state index contributed by atoms with van der Waals surface area (Å²) < 4.78 is 2.27. The van der Waals surface area contributed by atoms with Gasteiger partial charge in [0.1, 0.15) is 5.82 Å². The maximum atomic E-state index is 4.59. The van der Waals surface area contributed by atoms with Gasteiger partial charge in [-0.25, -0.2) is 4.98 Å². The van der Waals surface area contributed by atoms with Crippen LogP contribution in [0.15, 0.2) is 23.2 Å². The highest BCUT2D eigenvalue weighted by Gasteiger charge is 2.20. The fourth-order valence-corrected chi connectivity index (χ4v) is 3.18. The van der Waals surface area contributed by atoms with Crippen LogP contribution < -0.4 is 5.32 Å². The molecule has 0 bridgehead atoms. The SMILES string of the molecule is CCCNC(c1cscc1C)c1nccn1CCC. The predicted octanol–water partition coefficient (Wildman–Crippen LogP) is 3.75. The molecule has 1 atom stereocenters. The molecule has 0 spiro atoms. The number of aromatic nitrogens is 2. The van der Waals surface area contributed by atoms with E-state index in [0.29, 0.717) is 0 Å². The summed E-state index contributed by atoms with van der Waals surface area (Å²) in [6, 6.07) is 0.216. The van der Waals surface area contributed by atoms with E-state index < -0.39 is 0 Å². The van der Waals surface area contributed by atoms with Crippen molar-refractivity contribution in [1.29, 1.82) is 0 Å². The lowest BCUT2D eigenvalue weighted by Crippen LogP contribution is -2.26. The van der Waals surface area contributed by atoms with Crippen LogP contribution in [0.1, 0.15) is 49.7 Å². The molecular formula is C15H23N3S. The highest BCUT2D eigenvalue weighted by Crippen LogP contribution is 2.27. The van der Waals surface area contributed by atoms with Crippen LogP contribution in [0.3, 0.4) is 0 Å². The maximum absolute atomic E-state index is 4.59. The minimum atomic E-state index is 0.216. The number of imidazole rings is 1. The molecule has 104 valence electrons. The molecule has 0 aliphatic heterocycles. The number of rotatable bonds is 7. The van der Waals surface area contributed by atoms with Gasteiger partial charge in [0.15, 0.2) is 0 Å². The molecule has 0 fully saturated rings. The first-order valence-corrected chi connectivity index (χ1v) is 7.99. The molecule has 0 aliphatic carbocycles. The monoisotopic (exact) mass is 277 g/mol. The van der Waals surface area contributed by atoms with Gasteiger partial charge in [0.25, 0.3) is 0 Å². The Bertz CT molecular complexity index is 501. The molecule has 19 heavy (non-hydrogen) atoms. The molecular weight excluding hydrogens is 254 g/mol. The Morgan fingerprint density at radius 2 is 2.16 bits per heavy atom. The van der Waals surface area contributed by atoms with E-state index in [1.807, 2.05) is 6.20 Å². The minimum absolute atomic E-state index is 0.216. The van der Waals surface area contributed by atoms with Crippen molar-refractivity contribution in [1.82, 2.24) is 14.9 Å². The van der Waals surface area contributed by atoms with Crippen molar-refractivity contribution in [2.75, 3.05) is 6.54 Å².